The lowest BCUT2D eigenvalue weighted by atomic mass is 10.00. The Morgan fingerprint density at radius 1 is 1.40 bits per heavy atom. The van der Waals surface area contributed by atoms with Crippen molar-refractivity contribution in [2.24, 2.45) is 0 Å². The molecule has 1 fully saturated rings. The van der Waals surface area contributed by atoms with Crippen LogP contribution in [0.3, 0.4) is 0 Å². The van der Waals surface area contributed by atoms with Gasteiger partial charge in [0.1, 0.15) is 0 Å². The molecule has 2 amide bonds. The summed E-state index contributed by atoms with van der Waals surface area (Å²) in [6, 6.07) is 1.16. The maximum Gasteiger partial charge on any atom is 0.317 e. The van der Waals surface area contributed by atoms with Crippen molar-refractivity contribution in [1.29, 1.82) is 0 Å². The molecule has 20 heavy (non-hydrogen) atoms. The molecule has 1 heterocycles. The Balaban J connectivity index is 2.30. The van der Waals surface area contributed by atoms with Crippen molar-refractivity contribution >= 4 is 17.8 Å². The molecule has 0 unspecified atom stereocenters. The molecule has 1 rings (SSSR count). The average Bonchev–Trinajstić information content (AvgIpc) is 2.39. The first-order valence-electron chi connectivity index (χ1n) is 7.72. The van der Waals surface area contributed by atoms with Crippen molar-refractivity contribution in [1.82, 2.24) is 15.5 Å². The number of nitrogens with one attached hydrogen (secondary N) is 2. The first-order valence-corrected chi connectivity index (χ1v) is 8.94. The highest BCUT2D eigenvalue weighted by atomic mass is 32.2. The van der Waals surface area contributed by atoms with E-state index >= 15 is 0 Å². The van der Waals surface area contributed by atoms with Crippen LogP contribution >= 0.6 is 11.8 Å². The van der Waals surface area contributed by atoms with E-state index in [9.17, 15) is 4.79 Å². The zero-order chi connectivity index (χ0) is 15.2. The smallest absolute Gasteiger partial charge is 0.317 e. The summed E-state index contributed by atoms with van der Waals surface area (Å²) in [5.41, 5.74) is 0. The lowest BCUT2D eigenvalue weighted by Gasteiger charge is -2.35. The molecular formula is C15H31N3OS. The SMILES string of the molecule is CCNC(=O)N1CCC(N[C@H](C)CC(C)(C)SC)CC1. The van der Waals surface area contributed by atoms with Gasteiger partial charge in [-0.05, 0) is 39.4 Å². The summed E-state index contributed by atoms with van der Waals surface area (Å²) in [4.78, 5) is 13.7. The van der Waals surface area contributed by atoms with Crippen LogP contribution in [0.2, 0.25) is 0 Å². The van der Waals surface area contributed by atoms with Crippen LogP contribution in [0.25, 0.3) is 0 Å². The minimum absolute atomic E-state index is 0.0857. The van der Waals surface area contributed by atoms with Gasteiger partial charge in [-0.25, -0.2) is 4.79 Å². The number of likely N-dealkylation sites (tertiary alicyclic amines) is 1. The van der Waals surface area contributed by atoms with Crippen molar-refractivity contribution in [3.63, 3.8) is 0 Å². The van der Waals surface area contributed by atoms with Crippen LogP contribution in [0.15, 0.2) is 0 Å². The van der Waals surface area contributed by atoms with Crippen molar-refractivity contribution in [2.45, 2.75) is 63.8 Å². The summed E-state index contributed by atoms with van der Waals surface area (Å²) in [7, 11) is 0. The quantitative estimate of drug-likeness (QED) is 0.793. The number of rotatable bonds is 6. The highest BCUT2D eigenvalue weighted by Crippen LogP contribution is 2.27. The van der Waals surface area contributed by atoms with Gasteiger partial charge < -0.3 is 15.5 Å². The summed E-state index contributed by atoms with van der Waals surface area (Å²) < 4.78 is 0.328. The lowest BCUT2D eigenvalue weighted by Crippen LogP contribution is -2.50. The molecule has 0 aromatic rings. The Labute approximate surface area is 128 Å². The highest BCUT2D eigenvalue weighted by Gasteiger charge is 2.25. The van der Waals surface area contributed by atoms with Crippen molar-refractivity contribution in [3.8, 4) is 0 Å². The number of nitrogens with zero attached hydrogens (tertiary/aromatic N) is 1. The summed E-state index contributed by atoms with van der Waals surface area (Å²) in [5, 5.41) is 6.60. The zero-order valence-corrected chi connectivity index (χ0v) is 14.5. The van der Waals surface area contributed by atoms with Gasteiger partial charge in [0, 0.05) is 36.5 Å². The van der Waals surface area contributed by atoms with E-state index in [4.69, 9.17) is 0 Å². The van der Waals surface area contributed by atoms with E-state index in [1.807, 2.05) is 23.6 Å². The van der Waals surface area contributed by atoms with E-state index < -0.39 is 0 Å². The van der Waals surface area contributed by atoms with Gasteiger partial charge in [0.2, 0.25) is 0 Å². The first kappa shape index (κ1) is 17.6. The number of hydrogen-bond donors (Lipinski definition) is 2. The molecule has 1 saturated heterocycles. The molecule has 1 aliphatic rings. The van der Waals surface area contributed by atoms with Gasteiger partial charge >= 0.3 is 6.03 Å². The zero-order valence-electron chi connectivity index (χ0n) is 13.7. The van der Waals surface area contributed by atoms with E-state index in [0.717, 1.165) is 25.9 Å². The fraction of sp³-hybridized carbons (Fsp3) is 0.933. The molecule has 0 aromatic heterocycles. The second kappa shape index (κ2) is 8.13. The van der Waals surface area contributed by atoms with E-state index in [1.165, 1.54) is 6.42 Å². The second-order valence-corrected chi connectivity index (χ2v) is 7.85. The Morgan fingerprint density at radius 3 is 2.50 bits per heavy atom. The summed E-state index contributed by atoms with van der Waals surface area (Å²) >= 11 is 1.93. The number of urea groups is 1. The van der Waals surface area contributed by atoms with Crippen LogP contribution in [-0.4, -0.2) is 53.7 Å². The predicted octanol–water partition coefficient (Wildman–Crippen LogP) is 2.69. The normalized spacial score (nSPS) is 18.9. The molecule has 0 spiro atoms. The molecule has 0 bridgehead atoms. The van der Waals surface area contributed by atoms with Gasteiger partial charge in [0.15, 0.2) is 0 Å². The molecule has 0 aromatic carbocycles. The fourth-order valence-electron chi connectivity index (χ4n) is 2.79. The molecule has 1 aliphatic heterocycles. The monoisotopic (exact) mass is 301 g/mol. The molecule has 4 nitrogen and oxygen atoms in total. The molecule has 0 aliphatic carbocycles. The van der Waals surface area contributed by atoms with Gasteiger partial charge in [-0.15, -0.1) is 0 Å². The third-order valence-electron chi connectivity index (χ3n) is 3.98. The van der Waals surface area contributed by atoms with Crippen LogP contribution in [0, 0.1) is 0 Å². The molecule has 118 valence electrons. The number of carbonyl (C=O) groups excluding carboxylic acids is 1. The van der Waals surface area contributed by atoms with E-state index in [0.29, 0.717) is 23.4 Å². The maximum absolute atomic E-state index is 11.7. The minimum atomic E-state index is 0.0857. The van der Waals surface area contributed by atoms with Gasteiger partial charge in [-0.1, -0.05) is 13.8 Å². The third-order valence-corrected chi connectivity index (χ3v) is 5.25. The number of carbonyl (C=O) groups is 1. The molecule has 1 atom stereocenters. The number of thioether (sulfide) groups is 1. The Kier molecular flexibility index (Phi) is 7.17. The van der Waals surface area contributed by atoms with Crippen LogP contribution in [0.5, 0.6) is 0 Å². The van der Waals surface area contributed by atoms with Crippen LogP contribution in [-0.2, 0) is 0 Å². The van der Waals surface area contributed by atoms with Crippen LogP contribution < -0.4 is 10.6 Å². The van der Waals surface area contributed by atoms with Gasteiger partial charge in [0.05, 0.1) is 0 Å². The number of amides is 2. The largest absolute Gasteiger partial charge is 0.338 e. The minimum Gasteiger partial charge on any atom is -0.338 e. The molecule has 2 N–H and O–H groups in total. The Hall–Kier alpha value is -0.420. The lowest BCUT2D eigenvalue weighted by molar-refractivity contribution is 0.174. The third kappa shape index (κ3) is 5.92. The summed E-state index contributed by atoms with van der Waals surface area (Å²) in [5.74, 6) is 0. The van der Waals surface area contributed by atoms with Crippen LogP contribution in [0.4, 0.5) is 4.79 Å². The van der Waals surface area contributed by atoms with Gasteiger partial charge in [0.25, 0.3) is 0 Å². The van der Waals surface area contributed by atoms with Gasteiger partial charge in [-0.3, -0.25) is 0 Å². The topological polar surface area (TPSA) is 44.4 Å². The average molecular weight is 302 g/mol. The molecular weight excluding hydrogens is 270 g/mol. The second-order valence-electron chi connectivity index (χ2n) is 6.33. The standard InChI is InChI=1S/C15H31N3OS/c1-6-16-14(19)18-9-7-13(8-10-18)17-12(2)11-15(3,4)20-5/h12-13,17H,6-11H2,1-5H3,(H,16,19)/t12-/m1/s1. The summed E-state index contributed by atoms with van der Waals surface area (Å²) in [6.45, 7) is 11.3. The summed E-state index contributed by atoms with van der Waals surface area (Å²) in [6.07, 6.45) is 5.46. The highest BCUT2D eigenvalue weighted by molar-refractivity contribution is 7.99. The number of hydrogen-bond acceptors (Lipinski definition) is 3. The predicted molar refractivity (Wildman–Crippen MR) is 88.5 cm³/mol. The maximum atomic E-state index is 11.7. The molecule has 0 radical (unpaired) electrons. The van der Waals surface area contributed by atoms with E-state index in [1.54, 1.807) is 0 Å². The van der Waals surface area contributed by atoms with Crippen molar-refractivity contribution < 1.29 is 4.79 Å². The Bertz CT molecular complexity index is 301. The van der Waals surface area contributed by atoms with E-state index in [-0.39, 0.29) is 6.03 Å². The molecule has 5 heteroatoms. The van der Waals surface area contributed by atoms with Crippen molar-refractivity contribution in [3.05, 3.63) is 0 Å². The number of piperidine rings is 1. The molecule has 0 saturated carbocycles. The first-order chi connectivity index (χ1) is 9.38. The van der Waals surface area contributed by atoms with E-state index in [2.05, 4.69) is 37.7 Å². The van der Waals surface area contributed by atoms with Crippen LogP contribution in [0.1, 0.15) is 47.0 Å². The Morgan fingerprint density at radius 2 is 2.00 bits per heavy atom. The fourth-order valence-corrected chi connectivity index (χ4v) is 3.21. The van der Waals surface area contributed by atoms with Crippen molar-refractivity contribution in [2.75, 3.05) is 25.9 Å². The van der Waals surface area contributed by atoms with Gasteiger partial charge in [-0.2, -0.15) is 11.8 Å².